The van der Waals surface area contributed by atoms with Gasteiger partial charge in [-0.3, -0.25) is 4.79 Å². The van der Waals surface area contributed by atoms with Gasteiger partial charge in [-0.15, -0.1) is 0 Å². The van der Waals surface area contributed by atoms with Crippen LogP contribution in [0.5, 0.6) is 0 Å². The van der Waals surface area contributed by atoms with Crippen molar-refractivity contribution >= 4 is 5.78 Å². The lowest BCUT2D eigenvalue weighted by Gasteiger charge is -2.12. The first-order valence-electron chi connectivity index (χ1n) is 5.67. The Hall–Kier alpha value is -1.97. The van der Waals surface area contributed by atoms with Crippen LogP contribution in [0.2, 0.25) is 0 Å². The maximum absolute atomic E-state index is 13.4. The summed E-state index contributed by atoms with van der Waals surface area (Å²) in [6.07, 6.45) is -0.0468. The number of carbonyl (C=O) groups excluding carboxylic acids is 1. The normalized spacial score (nSPS) is 12.3. The molecule has 0 amide bonds. The number of nitrogens with zero attached hydrogens (tertiary/aromatic N) is 1. The SMILES string of the molecule is CC(C)CC(C#N)C(=O)c1c(F)c(F)c(F)c(F)c1F. The molecule has 0 radical (unpaired) electrons. The fourth-order valence-electron chi connectivity index (χ4n) is 1.69. The second kappa shape index (κ2) is 5.99. The molecule has 1 rings (SSSR count). The van der Waals surface area contributed by atoms with Crippen molar-refractivity contribution in [2.45, 2.75) is 20.3 Å². The van der Waals surface area contributed by atoms with E-state index in [4.69, 9.17) is 5.26 Å². The van der Waals surface area contributed by atoms with Crippen LogP contribution in [-0.4, -0.2) is 5.78 Å². The van der Waals surface area contributed by atoms with Gasteiger partial charge in [0, 0.05) is 0 Å². The van der Waals surface area contributed by atoms with Gasteiger partial charge in [-0.1, -0.05) is 13.8 Å². The summed E-state index contributed by atoms with van der Waals surface area (Å²) in [7, 11) is 0. The van der Waals surface area contributed by atoms with Gasteiger partial charge >= 0.3 is 0 Å². The average Bonchev–Trinajstić information content (AvgIpc) is 2.40. The van der Waals surface area contributed by atoms with Crippen LogP contribution in [0.25, 0.3) is 0 Å². The molecule has 1 unspecified atom stereocenters. The minimum atomic E-state index is -2.34. The van der Waals surface area contributed by atoms with Crippen molar-refractivity contribution < 1.29 is 26.7 Å². The molecule has 0 fully saturated rings. The predicted octanol–water partition coefficient (Wildman–Crippen LogP) is 3.75. The Labute approximate surface area is 111 Å². The third kappa shape index (κ3) is 2.79. The monoisotopic (exact) mass is 291 g/mol. The summed E-state index contributed by atoms with van der Waals surface area (Å²) in [6, 6.07) is 1.52. The van der Waals surface area contributed by atoms with E-state index in [1.54, 1.807) is 13.8 Å². The molecule has 20 heavy (non-hydrogen) atoms. The van der Waals surface area contributed by atoms with Gasteiger partial charge in [-0.25, -0.2) is 22.0 Å². The van der Waals surface area contributed by atoms with Gasteiger partial charge in [0.15, 0.2) is 29.1 Å². The molecule has 7 heteroatoms. The van der Waals surface area contributed by atoms with Crippen LogP contribution in [0, 0.1) is 52.3 Å². The summed E-state index contributed by atoms with van der Waals surface area (Å²) >= 11 is 0. The zero-order valence-electron chi connectivity index (χ0n) is 10.6. The number of carbonyl (C=O) groups is 1. The lowest BCUT2D eigenvalue weighted by atomic mass is 9.90. The maximum Gasteiger partial charge on any atom is 0.200 e. The minimum Gasteiger partial charge on any atom is -0.292 e. The Morgan fingerprint density at radius 3 is 1.75 bits per heavy atom. The van der Waals surface area contributed by atoms with Crippen LogP contribution in [0.15, 0.2) is 0 Å². The number of ketones is 1. The zero-order chi connectivity index (χ0) is 15.6. The van der Waals surface area contributed by atoms with Crippen molar-refractivity contribution in [2.24, 2.45) is 11.8 Å². The first kappa shape index (κ1) is 16.1. The Bertz CT molecular complexity index is 562. The average molecular weight is 291 g/mol. The Morgan fingerprint density at radius 2 is 1.40 bits per heavy atom. The van der Waals surface area contributed by atoms with Crippen molar-refractivity contribution in [1.29, 1.82) is 5.26 Å². The predicted molar refractivity (Wildman–Crippen MR) is 59.1 cm³/mol. The molecule has 1 atom stereocenters. The van der Waals surface area contributed by atoms with Crippen molar-refractivity contribution in [3.63, 3.8) is 0 Å². The molecule has 0 heterocycles. The van der Waals surface area contributed by atoms with Gasteiger partial charge in [0.2, 0.25) is 5.82 Å². The highest BCUT2D eigenvalue weighted by atomic mass is 19.2. The fourth-order valence-corrected chi connectivity index (χ4v) is 1.69. The lowest BCUT2D eigenvalue weighted by molar-refractivity contribution is 0.0925. The van der Waals surface area contributed by atoms with Crippen molar-refractivity contribution in [1.82, 2.24) is 0 Å². The number of halogens is 5. The summed E-state index contributed by atoms with van der Waals surface area (Å²) in [5.74, 6) is -14.2. The highest BCUT2D eigenvalue weighted by Gasteiger charge is 2.33. The maximum atomic E-state index is 13.4. The van der Waals surface area contributed by atoms with Crippen molar-refractivity contribution in [3.8, 4) is 6.07 Å². The molecule has 0 N–H and O–H groups in total. The molecule has 1 aromatic rings. The summed E-state index contributed by atoms with van der Waals surface area (Å²) in [4.78, 5) is 11.8. The van der Waals surface area contributed by atoms with Gasteiger partial charge in [0.05, 0.1) is 11.6 Å². The van der Waals surface area contributed by atoms with E-state index in [0.29, 0.717) is 0 Å². The van der Waals surface area contributed by atoms with E-state index in [-0.39, 0.29) is 12.3 Å². The van der Waals surface area contributed by atoms with Gasteiger partial charge in [-0.2, -0.15) is 5.26 Å². The molecular weight excluding hydrogens is 281 g/mol. The highest BCUT2D eigenvalue weighted by molar-refractivity contribution is 5.99. The summed E-state index contributed by atoms with van der Waals surface area (Å²) in [6.45, 7) is 3.30. The second-order valence-electron chi connectivity index (χ2n) is 4.62. The number of hydrogen-bond donors (Lipinski definition) is 0. The van der Waals surface area contributed by atoms with Crippen LogP contribution >= 0.6 is 0 Å². The first-order chi connectivity index (χ1) is 9.22. The number of nitriles is 1. The second-order valence-corrected chi connectivity index (χ2v) is 4.62. The van der Waals surface area contributed by atoms with Crippen molar-refractivity contribution in [3.05, 3.63) is 34.6 Å². The number of benzene rings is 1. The number of hydrogen-bond acceptors (Lipinski definition) is 2. The van der Waals surface area contributed by atoms with E-state index in [2.05, 4.69) is 0 Å². The smallest absolute Gasteiger partial charge is 0.200 e. The largest absolute Gasteiger partial charge is 0.292 e. The molecule has 0 bridgehead atoms. The van der Waals surface area contributed by atoms with Crippen LogP contribution in [-0.2, 0) is 0 Å². The summed E-state index contributed by atoms with van der Waals surface area (Å²) in [5.41, 5.74) is -1.56. The summed E-state index contributed by atoms with van der Waals surface area (Å²) < 4.78 is 65.7. The zero-order valence-corrected chi connectivity index (χ0v) is 10.6. The van der Waals surface area contributed by atoms with Gasteiger partial charge in [0.1, 0.15) is 5.92 Å². The van der Waals surface area contributed by atoms with E-state index in [1.165, 1.54) is 6.07 Å². The number of rotatable bonds is 4. The molecule has 0 saturated carbocycles. The van der Waals surface area contributed by atoms with Gasteiger partial charge in [-0.05, 0) is 12.3 Å². The topological polar surface area (TPSA) is 40.9 Å². The standard InChI is InChI=1S/C13H10F5NO/c1-5(2)3-6(4-19)13(20)7-8(14)10(16)12(18)11(17)9(7)15/h5-6H,3H2,1-2H3. The van der Waals surface area contributed by atoms with E-state index < -0.39 is 46.4 Å². The van der Waals surface area contributed by atoms with Crippen LogP contribution in [0.3, 0.4) is 0 Å². The van der Waals surface area contributed by atoms with E-state index >= 15 is 0 Å². The van der Waals surface area contributed by atoms with E-state index in [1.807, 2.05) is 0 Å². The molecule has 0 aliphatic heterocycles. The van der Waals surface area contributed by atoms with E-state index in [0.717, 1.165) is 0 Å². The summed E-state index contributed by atoms with van der Waals surface area (Å²) in [5, 5.41) is 8.80. The van der Waals surface area contributed by atoms with Crippen LogP contribution in [0.1, 0.15) is 30.6 Å². The quantitative estimate of drug-likeness (QED) is 0.367. The first-order valence-corrected chi connectivity index (χ1v) is 5.67. The molecule has 0 aromatic heterocycles. The Kier molecular flexibility index (Phi) is 4.82. The molecule has 1 aromatic carbocycles. The third-order valence-electron chi connectivity index (χ3n) is 2.64. The van der Waals surface area contributed by atoms with Crippen LogP contribution < -0.4 is 0 Å². The molecular formula is C13H10F5NO. The molecule has 2 nitrogen and oxygen atoms in total. The third-order valence-corrected chi connectivity index (χ3v) is 2.64. The van der Waals surface area contributed by atoms with Gasteiger partial charge < -0.3 is 0 Å². The van der Waals surface area contributed by atoms with Crippen molar-refractivity contribution in [2.75, 3.05) is 0 Å². The molecule has 0 spiro atoms. The Balaban J connectivity index is 3.40. The fraction of sp³-hybridized carbons (Fsp3) is 0.385. The number of Topliss-reactive ketones (excluding diaryl/α,β-unsaturated/α-hetero) is 1. The lowest BCUT2D eigenvalue weighted by Crippen LogP contribution is -2.20. The molecule has 0 saturated heterocycles. The minimum absolute atomic E-state index is 0.0468. The molecule has 108 valence electrons. The van der Waals surface area contributed by atoms with E-state index in [9.17, 15) is 26.7 Å². The Morgan fingerprint density at radius 1 is 1.00 bits per heavy atom. The molecule has 0 aliphatic rings. The molecule has 0 aliphatic carbocycles. The van der Waals surface area contributed by atoms with Crippen LogP contribution in [0.4, 0.5) is 22.0 Å². The highest BCUT2D eigenvalue weighted by Crippen LogP contribution is 2.26. The van der Waals surface area contributed by atoms with Gasteiger partial charge in [0.25, 0.3) is 0 Å².